The Morgan fingerprint density at radius 3 is 2.45 bits per heavy atom. The molecule has 1 atom stereocenters. The van der Waals surface area contributed by atoms with Gasteiger partial charge < -0.3 is 19.6 Å². The smallest absolute Gasteiger partial charge is 0.872 e. The minimum Gasteiger partial charge on any atom is -0.872 e. The molecule has 0 saturated heterocycles. The quantitative estimate of drug-likeness (QED) is 0.613. The van der Waals surface area contributed by atoms with Crippen LogP contribution in [0.15, 0.2) is 41.3 Å². The maximum Gasteiger partial charge on any atom is 1.00 e. The first-order valence-corrected chi connectivity index (χ1v) is 9.07. The maximum atomic E-state index is 12.2. The molecule has 0 bridgehead atoms. The molecule has 1 unspecified atom stereocenters. The van der Waals surface area contributed by atoms with Crippen LogP contribution in [0.1, 0.15) is 11.1 Å². The molecule has 0 fully saturated rings. The first kappa shape index (κ1) is 19.4. The summed E-state index contributed by atoms with van der Waals surface area (Å²) < 4.78 is 17.3. The fourth-order valence-electron chi connectivity index (χ4n) is 1.66. The monoisotopic (exact) mass is 348 g/mol. The normalized spacial score (nSPS) is 13.0. The summed E-state index contributed by atoms with van der Waals surface area (Å²) in [6.07, 6.45) is 0. The van der Waals surface area contributed by atoms with Crippen LogP contribution in [0.5, 0.6) is 17.2 Å². The molecule has 0 aliphatic rings. The Morgan fingerprint density at radius 2 is 1.77 bits per heavy atom. The van der Waals surface area contributed by atoms with E-state index in [1.54, 1.807) is 19.1 Å². The van der Waals surface area contributed by atoms with E-state index in [2.05, 4.69) is 0 Å². The number of benzene rings is 2. The second-order valence-corrected chi connectivity index (χ2v) is 8.10. The standard InChI is InChI=1S/C14H15O5PS.Na/c1-9-11(15)5-3-7-13(9)19-20(17,18)21-14-8-4-6-12(16)10(14)2;/h3-8,15-16H,1-2H3,(H,17,18);/q;+1/p-1. The minimum atomic E-state index is -4.06. The molecular formula is C14H14NaO5PS. The molecule has 0 radical (unpaired) electrons. The van der Waals surface area contributed by atoms with Gasteiger partial charge >= 0.3 is 36.4 Å². The molecule has 0 heterocycles. The Balaban J connectivity index is 0.00000242. The zero-order valence-corrected chi connectivity index (χ0v) is 16.1. The Morgan fingerprint density at radius 1 is 1.14 bits per heavy atom. The van der Waals surface area contributed by atoms with Gasteiger partial charge in [-0.1, -0.05) is 18.2 Å². The van der Waals surface area contributed by atoms with Crippen LogP contribution in [0.3, 0.4) is 0 Å². The molecule has 0 saturated carbocycles. The van der Waals surface area contributed by atoms with Gasteiger partial charge in [-0.2, -0.15) is 0 Å². The molecule has 8 heteroatoms. The average molecular weight is 348 g/mol. The van der Waals surface area contributed by atoms with Crippen molar-refractivity contribution in [3.05, 3.63) is 47.5 Å². The molecule has 112 valence electrons. The molecule has 2 aromatic rings. The van der Waals surface area contributed by atoms with Gasteiger partial charge in [0, 0.05) is 21.8 Å². The minimum absolute atomic E-state index is 0. The van der Waals surface area contributed by atoms with Gasteiger partial charge in [0.05, 0.1) is 0 Å². The van der Waals surface area contributed by atoms with Crippen LogP contribution in [0.4, 0.5) is 0 Å². The summed E-state index contributed by atoms with van der Waals surface area (Å²) in [6.45, 7) is -0.893. The first-order chi connectivity index (χ1) is 9.80. The zero-order valence-electron chi connectivity index (χ0n) is 12.4. The van der Waals surface area contributed by atoms with E-state index in [0.717, 1.165) is 0 Å². The van der Waals surface area contributed by atoms with Gasteiger partial charge in [-0.05, 0) is 37.6 Å². The van der Waals surface area contributed by atoms with Crippen molar-refractivity contribution in [2.45, 2.75) is 18.7 Å². The van der Waals surface area contributed by atoms with Crippen molar-refractivity contribution in [2.24, 2.45) is 0 Å². The van der Waals surface area contributed by atoms with Crippen LogP contribution in [0.25, 0.3) is 0 Å². The summed E-state index contributed by atoms with van der Waals surface area (Å²) in [5.41, 5.74) is 0.773. The molecule has 2 aromatic carbocycles. The van der Waals surface area contributed by atoms with E-state index in [-0.39, 0.29) is 52.4 Å². The molecule has 0 aliphatic heterocycles. The van der Waals surface area contributed by atoms with Crippen LogP contribution in [-0.4, -0.2) is 10.00 Å². The molecule has 0 aromatic heterocycles. The number of phenols is 1. The largest absolute Gasteiger partial charge is 1.00 e. The number of phenolic OH excluding ortho intramolecular Hbond substituents is 1. The molecular weight excluding hydrogens is 334 g/mol. The summed E-state index contributed by atoms with van der Waals surface area (Å²) in [5.74, 6) is -0.137. The topological polar surface area (TPSA) is 89.8 Å². The molecule has 0 aliphatic carbocycles. The van der Waals surface area contributed by atoms with Gasteiger partial charge in [-0.15, -0.1) is 5.75 Å². The number of hydrogen-bond donors (Lipinski definition) is 2. The van der Waals surface area contributed by atoms with E-state index in [0.29, 0.717) is 21.8 Å². The van der Waals surface area contributed by atoms with Crippen molar-refractivity contribution < 1.29 is 53.8 Å². The van der Waals surface area contributed by atoms with Gasteiger partial charge in [0.2, 0.25) is 0 Å². The Kier molecular flexibility index (Phi) is 6.86. The van der Waals surface area contributed by atoms with E-state index < -0.39 is 6.80 Å². The molecule has 2 N–H and O–H groups in total. The fourth-order valence-corrected chi connectivity index (χ4v) is 4.47. The van der Waals surface area contributed by atoms with Crippen LogP contribution in [-0.2, 0) is 4.57 Å². The van der Waals surface area contributed by atoms with E-state index in [4.69, 9.17) is 4.52 Å². The van der Waals surface area contributed by atoms with Gasteiger partial charge in [0.25, 0.3) is 0 Å². The van der Waals surface area contributed by atoms with Crippen LogP contribution >= 0.6 is 18.2 Å². The number of hydrogen-bond acceptors (Lipinski definition) is 5. The van der Waals surface area contributed by atoms with Crippen molar-refractivity contribution >= 4 is 18.2 Å². The van der Waals surface area contributed by atoms with Crippen molar-refractivity contribution in [2.75, 3.05) is 0 Å². The summed E-state index contributed by atoms with van der Waals surface area (Å²) in [4.78, 5) is 10.4. The van der Waals surface area contributed by atoms with Crippen molar-refractivity contribution in [1.82, 2.24) is 0 Å². The third kappa shape index (κ3) is 4.69. The second-order valence-electron chi connectivity index (χ2n) is 4.43. The molecule has 5 nitrogen and oxygen atoms in total. The van der Waals surface area contributed by atoms with Crippen molar-refractivity contribution in [3.63, 3.8) is 0 Å². The molecule has 2 rings (SSSR count). The Hall–Kier alpha value is -0.620. The van der Waals surface area contributed by atoms with E-state index in [1.807, 2.05) is 0 Å². The summed E-state index contributed by atoms with van der Waals surface area (Å²) >= 11 is 0.623. The first-order valence-electron chi connectivity index (χ1n) is 6.07. The Bertz CT molecular complexity index is 665. The van der Waals surface area contributed by atoms with Crippen molar-refractivity contribution in [1.29, 1.82) is 0 Å². The maximum absolute atomic E-state index is 12.2. The second kappa shape index (κ2) is 7.77. The zero-order chi connectivity index (χ0) is 15.6. The van der Waals surface area contributed by atoms with E-state index in [9.17, 15) is 19.7 Å². The number of rotatable bonds is 4. The van der Waals surface area contributed by atoms with Gasteiger partial charge in [0.15, 0.2) is 0 Å². The third-order valence-corrected chi connectivity index (χ3v) is 5.72. The van der Waals surface area contributed by atoms with Crippen LogP contribution in [0, 0.1) is 13.8 Å². The molecule has 22 heavy (non-hydrogen) atoms. The summed E-state index contributed by atoms with van der Waals surface area (Å²) in [6, 6.07) is 8.98. The predicted molar refractivity (Wildman–Crippen MR) is 79.8 cm³/mol. The van der Waals surface area contributed by atoms with E-state index in [1.165, 1.54) is 31.2 Å². The Labute approximate surface area is 154 Å². The SMILES string of the molecule is Cc1c([O-])cccc1OP(=O)(O)Sc1cccc(O)c1C.[Na+]. The molecule has 0 amide bonds. The van der Waals surface area contributed by atoms with E-state index >= 15 is 0 Å². The third-order valence-electron chi connectivity index (χ3n) is 2.92. The number of aromatic hydroxyl groups is 1. The van der Waals surface area contributed by atoms with Crippen LogP contribution < -0.4 is 39.2 Å². The predicted octanol–water partition coefficient (Wildman–Crippen LogP) is 0.358. The average Bonchev–Trinajstić information content (AvgIpc) is 2.40. The molecule has 0 spiro atoms. The van der Waals surface area contributed by atoms with Crippen molar-refractivity contribution in [3.8, 4) is 17.2 Å². The summed E-state index contributed by atoms with van der Waals surface area (Å²) in [5, 5.41) is 21.1. The van der Waals surface area contributed by atoms with Crippen LogP contribution in [0.2, 0.25) is 0 Å². The van der Waals surface area contributed by atoms with Gasteiger partial charge in [0.1, 0.15) is 11.5 Å². The fraction of sp³-hybridized carbons (Fsp3) is 0.143. The van der Waals surface area contributed by atoms with Gasteiger partial charge in [-0.25, -0.2) is 4.57 Å². The summed E-state index contributed by atoms with van der Waals surface area (Å²) in [7, 11) is 0. The van der Waals surface area contributed by atoms with Gasteiger partial charge in [-0.3, -0.25) is 0 Å².